The zero-order valence-corrected chi connectivity index (χ0v) is 14.1. The molecule has 2 amide bonds. The van der Waals surface area contributed by atoms with Crippen LogP contribution in [0.4, 0.5) is 10.6 Å². The molecule has 1 aliphatic rings. The maximum absolute atomic E-state index is 11.6. The highest BCUT2D eigenvalue weighted by atomic mass is 16.5. The Bertz CT molecular complexity index is 920. The van der Waals surface area contributed by atoms with Gasteiger partial charge < -0.3 is 25.3 Å². The average molecular weight is 355 g/mol. The van der Waals surface area contributed by atoms with Gasteiger partial charge in [0, 0.05) is 37.9 Å². The largest absolute Gasteiger partial charge is 0.453 e. The van der Waals surface area contributed by atoms with E-state index in [0.717, 1.165) is 0 Å². The van der Waals surface area contributed by atoms with E-state index in [4.69, 9.17) is 15.7 Å². The van der Waals surface area contributed by atoms with E-state index in [1.807, 2.05) is 4.90 Å². The number of nitriles is 1. The number of nitrogens with zero attached hydrogens (tertiary/aromatic N) is 5. The Morgan fingerprint density at radius 1 is 1.38 bits per heavy atom. The molecule has 0 aliphatic carbocycles. The minimum atomic E-state index is -0.801. The molecule has 134 valence electrons. The molecule has 10 heteroatoms. The minimum Gasteiger partial charge on any atom is -0.453 e. The fourth-order valence-electron chi connectivity index (χ4n) is 2.72. The summed E-state index contributed by atoms with van der Waals surface area (Å²) in [6.07, 6.45) is 4.29. The van der Waals surface area contributed by atoms with Crippen molar-refractivity contribution in [2.24, 2.45) is 5.73 Å². The Balaban J connectivity index is 1.86. The molecule has 0 aromatic carbocycles. The van der Waals surface area contributed by atoms with Gasteiger partial charge in [0.2, 0.25) is 0 Å². The zero-order valence-electron chi connectivity index (χ0n) is 14.1. The molecule has 10 nitrogen and oxygen atoms in total. The number of hydrogen-bond acceptors (Lipinski definition) is 7. The summed E-state index contributed by atoms with van der Waals surface area (Å²) in [5.74, 6) is -0.154. The quantitative estimate of drug-likeness (QED) is 0.593. The Kier molecular flexibility index (Phi) is 4.70. The van der Waals surface area contributed by atoms with Crippen LogP contribution in [-0.4, -0.2) is 65.1 Å². The molecule has 0 unspecified atom stereocenters. The lowest BCUT2D eigenvalue weighted by Gasteiger charge is -2.34. The van der Waals surface area contributed by atoms with Crippen LogP contribution in [0.5, 0.6) is 0 Å². The number of anilines is 1. The molecular formula is C16H17N7O3. The van der Waals surface area contributed by atoms with Crippen LogP contribution in [0.1, 0.15) is 5.56 Å². The normalized spacial score (nSPS) is 15.0. The van der Waals surface area contributed by atoms with Crippen LogP contribution in [0.2, 0.25) is 0 Å². The summed E-state index contributed by atoms with van der Waals surface area (Å²) in [6, 6.07) is 1.77. The maximum Gasteiger partial charge on any atom is 0.409 e. The fourth-order valence-corrected chi connectivity index (χ4v) is 2.72. The van der Waals surface area contributed by atoms with Gasteiger partial charge in [-0.05, 0) is 6.08 Å². The second kappa shape index (κ2) is 7.10. The number of methoxy groups -OCH3 is 1. The molecule has 0 spiro atoms. The molecule has 2 aromatic heterocycles. The van der Waals surface area contributed by atoms with Gasteiger partial charge in [0.1, 0.15) is 23.0 Å². The monoisotopic (exact) mass is 355 g/mol. The number of nitrogens with one attached hydrogen (secondary N) is 1. The molecule has 3 rings (SSSR count). The predicted molar refractivity (Wildman–Crippen MR) is 92.9 cm³/mol. The molecular weight excluding hydrogens is 338 g/mol. The van der Waals surface area contributed by atoms with Crippen molar-refractivity contribution in [3.63, 3.8) is 0 Å². The lowest BCUT2D eigenvalue weighted by molar-refractivity contribution is -0.114. The Labute approximate surface area is 148 Å². The van der Waals surface area contributed by atoms with Crippen LogP contribution in [0.25, 0.3) is 17.2 Å². The molecule has 0 atom stereocenters. The highest BCUT2D eigenvalue weighted by Gasteiger charge is 2.23. The summed E-state index contributed by atoms with van der Waals surface area (Å²) in [6.45, 7) is 2.23. The summed E-state index contributed by atoms with van der Waals surface area (Å²) in [5, 5.41) is 9.00. The van der Waals surface area contributed by atoms with E-state index in [1.54, 1.807) is 23.4 Å². The topological polar surface area (TPSA) is 141 Å². The van der Waals surface area contributed by atoms with Crippen LogP contribution < -0.4 is 10.6 Å². The average Bonchev–Trinajstić information content (AvgIpc) is 3.07. The van der Waals surface area contributed by atoms with Gasteiger partial charge in [-0.2, -0.15) is 5.26 Å². The molecule has 0 bridgehead atoms. The summed E-state index contributed by atoms with van der Waals surface area (Å²) < 4.78 is 4.73. The van der Waals surface area contributed by atoms with Gasteiger partial charge in [0.05, 0.1) is 13.3 Å². The number of primary amides is 1. The van der Waals surface area contributed by atoms with Crippen LogP contribution in [0.3, 0.4) is 0 Å². The molecule has 1 fully saturated rings. The van der Waals surface area contributed by atoms with Crippen molar-refractivity contribution >= 4 is 35.1 Å². The molecule has 1 aliphatic heterocycles. The standard InChI is InChI=1S/C16H17N7O3/c1-26-16(25)23-4-2-22(3-5-23)12-9-20-15-13(21-12)11(8-19-15)6-10(7-17)14(18)24/h6,8-9H,2-5H2,1H3,(H2,18,24)(H,19,20). The molecule has 2 aromatic rings. The van der Waals surface area contributed by atoms with Crippen LogP contribution in [0, 0.1) is 11.3 Å². The third-order valence-electron chi connectivity index (χ3n) is 4.12. The van der Waals surface area contributed by atoms with Crippen molar-refractivity contribution in [1.29, 1.82) is 5.26 Å². The summed E-state index contributed by atoms with van der Waals surface area (Å²) in [5.41, 5.74) is 6.64. The lowest BCUT2D eigenvalue weighted by Crippen LogP contribution is -2.49. The van der Waals surface area contributed by atoms with E-state index in [2.05, 4.69) is 15.0 Å². The number of hydrogen-bond donors (Lipinski definition) is 2. The SMILES string of the molecule is COC(=O)N1CCN(c2cnc3[nH]cc(C=C(C#N)C(N)=O)c3n2)CC1. The van der Waals surface area contributed by atoms with Crippen molar-refractivity contribution in [3.05, 3.63) is 23.5 Å². The van der Waals surface area contributed by atoms with E-state index in [0.29, 0.717) is 48.7 Å². The number of aromatic amines is 1. The number of piperazine rings is 1. The summed E-state index contributed by atoms with van der Waals surface area (Å²) >= 11 is 0. The van der Waals surface area contributed by atoms with Crippen molar-refractivity contribution in [2.45, 2.75) is 0 Å². The smallest absolute Gasteiger partial charge is 0.409 e. The van der Waals surface area contributed by atoms with E-state index in [9.17, 15) is 9.59 Å². The highest BCUT2D eigenvalue weighted by molar-refractivity contribution is 6.02. The number of aromatic nitrogens is 3. The summed E-state index contributed by atoms with van der Waals surface area (Å²) in [4.78, 5) is 38.3. The highest BCUT2D eigenvalue weighted by Crippen LogP contribution is 2.21. The number of fused-ring (bicyclic) bond motifs is 1. The predicted octanol–water partition coefficient (Wildman–Crippen LogP) is 0.239. The van der Waals surface area contributed by atoms with Gasteiger partial charge in [-0.25, -0.2) is 14.8 Å². The second-order valence-corrected chi connectivity index (χ2v) is 5.65. The molecule has 0 radical (unpaired) electrons. The number of amides is 2. The molecule has 26 heavy (non-hydrogen) atoms. The van der Waals surface area contributed by atoms with E-state index in [-0.39, 0.29) is 11.7 Å². The Morgan fingerprint density at radius 3 is 2.73 bits per heavy atom. The van der Waals surface area contributed by atoms with Gasteiger partial charge in [0.15, 0.2) is 5.65 Å². The second-order valence-electron chi connectivity index (χ2n) is 5.65. The first-order valence-corrected chi connectivity index (χ1v) is 7.87. The zero-order chi connectivity index (χ0) is 18.7. The van der Waals surface area contributed by atoms with Crippen molar-refractivity contribution < 1.29 is 14.3 Å². The first-order valence-electron chi connectivity index (χ1n) is 7.87. The van der Waals surface area contributed by atoms with Gasteiger partial charge in [0.25, 0.3) is 5.91 Å². The number of ether oxygens (including phenoxy) is 1. The molecule has 0 saturated carbocycles. The number of rotatable bonds is 3. The molecule has 3 N–H and O–H groups in total. The molecule has 3 heterocycles. The maximum atomic E-state index is 11.6. The molecule has 1 saturated heterocycles. The fraction of sp³-hybridized carbons (Fsp3) is 0.312. The number of nitrogens with two attached hydrogens (primary N) is 1. The van der Waals surface area contributed by atoms with Crippen LogP contribution in [0.15, 0.2) is 18.0 Å². The third-order valence-corrected chi connectivity index (χ3v) is 4.12. The van der Waals surface area contributed by atoms with Gasteiger partial charge in [-0.1, -0.05) is 0 Å². The van der Waals surface area contributed by atoms with Gasteiger partial charge in [-0.3, -0.25) is 4.79 Å². The number of carbonyl (C=O) groups excluding carboxylic acids is 2. The van der Waals surface area contributed by atoms with Crippen molar-refractivity contribution in [1.82, 2.24) is 19.9 Å². The summed E-state index contributed by atoms with van der Waals surface area (Å²) in [7, 11) is 1.36. The Morgan fingerprint density at radius 2 is 2.12 bits per heavy atom. The van der Waals surface area contributed by atoms with E-state index < -0.39 is 5.91 Å². The van der Waals surface area contributed by atoms with Gasteiger partial charge >= 0.3 is 6.09 Å². The van der Waals surface area contributed by atoms with E-state index in [1.165, 1.54) is 13.2 Å². The minimum absolute atomic E-state index is 0.162. The lowest BCUT2D eigenvalue weighted by atomic mass is 10.2. The van der Waals surface area contributed by atoms with Crippen LogP contribution >= 0.6 is 0 Å². The Hall–Kier alpha value is -3.61. The van der Waals surface area contributed by atoms with Crippen molar-refractivity contribution in [2.75, 3.05) is 38.2 Å². The third kappa shape index (κ3) is 3.27. The number of carbonyl (C=O) groups is 2. The van der Waals surface area contributed by atoms with Gasteiger partial charge in [-0.15, -0.1) is 0 Å². The first-order chi connectivity index (χ1) is 12.5. The van der Waals surface area contributed by atoms with E-state index >= 15 is 0 Å². The van der Waals surface area contributed by atoms with Crippen LogP contribution in [-0.2, 0) is 9.53 Å². The van der Waals surface area contributed by atoms with Crippen molar-refractivity contribution in [3.8, 4) is 6.07 Å². The number of H-pyrrole nitrogens is 1. The first kappa shape index (κ1) is 17.2.